The predicted octanol–water partition coefficient (Wildman–Crippen LogP) is 2.39. The second-order valence-corrected chi connectivity index (χ2v) is 9.81. The second kappa shape index (κ2) is 10.1. The highest BCUT2D eigenvalue weighted by Crippen LogP contribution is 2.21. The molecular formula is C20H29N5O5S. The number of thioether (sulfide) groups is 1. The van der Waals surface area contributed by atoms with E-state index in [1.54, 1.807) is 41.5 Å². The number of amides is 1. The standard InChI is InChI=1S/C20H29N5O5S/c1-19(2,3)29-14(27)8-7-12(18(28)30-20(4,5)6)25-13(26)9-31-17-15-16(22-10-21-15)23-11-24-17/h10-12H,7-9H2,1-6H3,(H,25,26)(H,21,22,23,24)/t12-/m0/s1. The number of hydrogen-bond acceptors (Lipinski definition) is 9. The summed E-state index contributed by atoms with van der Waals surface area (Å²) in [6.45, 7) is 10.5. The molecular weight excluding hydrogens is 422 g/mol. The highest BCUT2D eigenvalue weighted by molar-refractivity contribution is 8.00. The quantitative estimate of drug-likeness (QED) is 0.352. The molecule has 0 aliphatic carbocycles. The topological polar surface area (TPSA) is 136 Å². The highest BCUT2D eigenvalue weighted by atomic mass is 32.2. The monoisotopic (exact) mass is 451 g/mol. The van der Waals surface area contributed by atoms with E-state index >= 15 is 0 Å². The average Bonchev–Trinajstić information content (AvgIpc) is 3.09. The Labute approximate surface area is 185 Å². The molecule has 0 aromatic carbocycles. The number of esters is 2. The third-order valence-corrected chi connectivity index (χ3v) is 4.60. The molecule has 2 N–H and O–H groups in total. The molecule has 0 unspecified atom stereocenters. The molecule has 10 nitrogen and oxygen atoms in total. The van der Waals surface area contributed by atoms with Crippen LogP contribution in [-0.2, 0) is 23.9 Å². The summed E-state index contributed by atoms with van der Waals surface area (Å²) in [4.78, 5) is 52.3. The number of aromatic amines is 1. The van der Waals surface area contributed by atoms with Crippen molar-refractivity contribution in [3.05, 3.63) is 12.7 Å². The van der Waals surface area contributed by atoms with Gasteiger partial charge in [-0.3, -0.25) is 9.59 Å². The Kier molecular flexibility index (Phi) is 7.99. The van der Waals surface area contributed by atoms with E-state index in [2.05, 4.69) is 25.3 Å². The number of aromatic nitrogens is 4. The third kappa shape index (κ3) is 8.52. The molecule has 31 heavy (non-hydrogen) atoms. The summed E-state index contributed by atoms with van der Waals surface area (Å²) in [6.07, 6.45) is 2.90. The predicted molar refractivity (Wildman–Crippen MR) is 115 cm³/mol. The molecule has 2 rings (SSSR count). The van der Waals surface area contributed by atoms with Crippen molar-refractivity contribution in [1.82, 2.24) is 25.3 Å². The van der Waals surface area contributed by atoms with Gasteiger partial charge in [0.2, 0.25) is 5.91 Å². The first kappa shape index (κ1) is 24.6. The van der Waals surface area contributed by atoms with Crippen LogP contribution in [0.15, 0.2) is 17.7 Å². The zero-order chi connectivity index (χ0) is 23.2. The lowest BCUT2D eigenvalue weighted by atomic mass is 10.1. The molecule has 0 fully saturated rings. The van der Waals surface area contributed by atoms with E-state index in [1.165, 1.54) is 24.4 Å². The van der Waals surface area contributed by atoms with Crippen LogP contribution in [0.25, 0.3) is 11.2 Å². The van der Waals surface area contributed by atoms with Crippen LogP contribution in [-0.4, -0.2) is 60.8 Å². The zero-order valence-electron chi connectivity index (χ0n) is 18.6. The molecule has 0 aliphatic rings. The zero-order valence-corrected chi connectivity index (χ0v) is 19.5. The molecule has 0 spiro atoms. The van der Waals surface area contributed by atoms with Gasteiger partial charge in [0.05, 0.1) is 12.1 Å². The van der Waals surface area contributed by atoms with Gasteiger partial charge in [-0.2, -0.15) is 0 Å². The summed E-state index contributed by atoms with van der Waals surface area (Å²) in [7, 11) is 0. The Morgan fingerprint density at radius 3 is 2.39 bits per heavy atom. The number of H-pyrrole nitrogens is 1. The summed E-state index contributed by atoms with van der Waals surface area (Å²) in [5.41, 5.74) is -0.224. The van der Waals surface area contributed by atoms with Crippen LogP contribution in [0.4, 0.5) is 0 Å². The molecule has 2 aromatic rings. The number of hydrogen-bond donors (Lipinski definition) is 2. The number of carbonyl (C=O) groups is 3. The SMILES string of the molecule is CC(C)(C)OC(=O)CC[C@H](NC(=O)CSc1ncnc2nc[nH]c12)C(=O)OC(C)(C)C. The van der Waals surface area contributed by atoms with E-state index in [-0.39, 0.29) is 18.6 Å². The van der Waals surface area contributed by atoms with E-state index in [0.29, 0.717) is 16.2 Å². The molecule has 0 saturated heterocycles. The summed E-state index contributed by atoms with van der Waals surface area (Å²) in [5.74, 6) is -1.44. The van der Waals surface area contributed by atoms with Gasteiger partial charge in [0.1, 0.15) is 34.1 Å². The van der Waals surface area contributed by atoms with Crippen molar-refractivity contribution in [2.45, 2.75) is 76.7 Å². The summed E-state index contributed by atoms with van der Waals surface area (Å²) in [6, 6.07) is -0.975. The number of rotatable bonds is 8. The maximum absolute atomic E-state index is 12.6. The fraction of sp³-hybridized carbons (Fsp3) is 0.600. The van der Waals surface area contributed by atoms with Crippen LogP contribution < -0.4 is 5.32 Å². The van der Waals surface area contributed by atoms with Crippen LogP contribution in [0.3, 0.4) is 0 Å². The van der Waals surface area contributed by atoms with Crippen LogP contribution in [0, 0.1) is 0 Å². The molecule has 2 heterocycles. The largest absolute Gasteiger partial charge is 0.460 e. The lowest BCUT2D eigenvalue weighted by molar-refractivity contribution is -0.160. The van der Waals surface area contributed by atoms with Crippen LogP contribution in [0.1, 0.15) is 54.4 Å². The number of nitrogens with zero attached hydrogens (tertiary/aromatic N) is 3. The molecule has 0 radical (unpaired) electrons. The minimum atomic E-state index is -0.975. The first-order valence-electron chi connectivity index (χ1n) is 9.85. The van der Waals surface area contributed by atoms with E-state index in [9.17, 15) is 14.4 Å². The maximum Gasteiger partial charge on any atom is 0.329 e. The first-order chi connectivity index (χ1) is 14.3. The second-order valence-electron chi connectivity index (χ2n) is 8.85. The van der Waals surface area contributed by atoms with Crippen molar-refractivity contribution in [3.63, 3.8) is 0 Å². The molecule has 170 valence electrons. The Balaban J connectivity index is 1.99. The molecule has 0 aliphatic heterocycles. The lowest BCUT2D eigenvalue weighted by Gasteiger charge is -2.25. The number of fused-ring (bicyclic) bond motifs is 1. The van der Waals surface area contributed by atoms with Gasteiger partial charge in [-0.05, 0) is 48.0 Å². The first-order valence-corrected chi connectivity index (χ1v) is 10.8. The highest BCUT2D eigenvalue weighted by Gasteiger charge is 2.28. The van der Waals surface area contributed by atoms with E-state index in [4.69, 9.17) is 9.47 Å². The van der Waals surface area contributed by atoms with Crippen molar-refractivity contribution in [2.24, 2.45) is 0 Å². The van der Waals surface area contributed by atoms with Crippen molar-refractivity contribution >= 4 is 40.8 Å². The van der Waals surface area contributed by atoms with E-state index in [1.807, 2.05) is 0 Å². The summed E-state index contributed by atoms with van der Waals surface area (Å²) in [5, 5.41) is 3.23. The van der Waals surface area contributed by atoms with Crippen LogP contribution in [0.5, 0.6) is 0 Å². The Bertz CT molecular complexity index is 932. The number of imidazole rings is 1. The normalized spacial score (nSPS) is 13.0. The smallest absolute Gasteiger partial charge is 0.329 e. The van der Waals surface area contributed by atoms with Crippen LogP contribution in [0.2, 0.25) is 0 Å². The average molecular weight is 452 g/mol. The third-order valence-electron chi connectivity index (χ3n) is 3.61. The minimum Gasteiger partial charge on any atom is -0.460 e. The van der Waals surface area contributed by atoms with Crippen molar-refractivity contribution < 1.29 is 23.9 Å². The molecule has 1 atom stereocenters. The van der Waals surface area contributed by atoms with Gasteiger partial charge in [-0.15, -0.1) is 0 Å². The number of nitrogens with one attached hydrogen (secondary N) is 2. The fourth-order valence-corrected chi connectivity index (χ4v) is 3.27. The minimum absolute atomic E-state index is 0.0108. The lowest BCUT2D eigenvalue weighted by Crippen LogP contribution is -2.45. The van der Waals surface area contributed by atoms with Crippen molar-refractivity contribution in [1.29, 1.82) is 0 Å². The number of ether oxygens (including phenoxy) is 2. The molecule has 2 aromatic heterocycles. The molecule has 0 saturated carbocycles. The van der Waals surface area contributed by atoms with Gasteiger partial charge in [0.15, 0.2) is 5.65 Å². The summed E-state index contributed by atoms with van der Waals surface area (Å²) < 4.78 is 10.7. The Morgan fingerprint density at radius 2 is 1.74 bits per heavy atom. The van der Waals surface area contributed by atoms with E-state index in [0.717, 1.165) is 0 Å². The maximum atomic E-state index is 12.6. The van der Waals surface area contributed by atoms with E-state index < -0.39 is 35.1 Å². The number of carbonyl (C=O) groups excluding carboxylic acids is 3. The molecule has 1 amide bonds. The Hall–Kier alpha value is -2.69. The van der Waals surface area contributed by atoms with Gasteiger partial charge in [0.25, 0.3) is 0 Å². The molecule has 11 heteroatoms. The van der Waals surface area contributed by atoms with Crippen molar-refractivity contribution in [3.8, 4) is 0 Å². The van der Waals surface area contributed by atoms with Gasteiger partial charge >= 0.3 is 11.9 Å². The Morgan fingerprint density at radius 1 is 1.06 bits per heavy atom. The van der Waals surface area contributed by atoms with Gasteiger partial charge in [0, 0.05) is 6.42 Å². The molecule has 0 bridgehead atoms. The van der Waals surface area contributed by atoms with Crippen LogP contribution >= 0.6 is 11.8 Å². The van der Waals surface area contributed by atoms with Crippen molar-refractivity contribution in [2.75, 3.05) is 5.75 Å². The van der Waals surface area contributed by atoms with Gasteiger partial charge in [-0.1, -0.05) is 11.8 Å². The summed E-state index contributed by atoms with van der Waals surface area (Å²) >= 11 is 1.18. The van der Waals surface area contributed by atoms with Gasteiger partial charge < -0.3 is 19.8 Å². The fourth-order valence-electron chi connectivity index (χ4n) is 2.50. The van der Waals surface area contributed by atoms with Gasteiger partial charge in [-0.25, -0.2) is 19.7 Å².